The van der Waals surface area contributed by atoms with Gasteiger partial charge in [-0.2, -0.15) is 0 Å². The van der Waals surface area contributed by atoms with Crippen LogP contribution in [-0.4, -0.2) is 43.4 Å². The molecule has 7 heteroatoms. The van der Waals surface area contributed by atoms with Gasteiger partial charge in [-0.1, -0.05) is 42.5 Å². The van der Waals surface area contributed by atoms with Gasteiger partial charge < -0.3 is 15.5 Å². The van der Waals surface area contributed by atoms with Crippen molar-refractivity contribution >= 4 is 35.8 Å². The van der Waals surface area contributed by atoms with Crippen LogP contribution in [0.2, 0.25) is 0 Å². The highest BCUT2D eigenvalue weighted by Gasteiger charge is 2.22. The summed E-state index contributed by atoms with van der Waals surface area (Å²) in [4.78, 5) is 18.6. The number of hydrogen-bond donors (Lipinski definition) is 2. The van der Waals surface area contributed by atoms with E-state index in [0.717, 1.165) is 37.9 Å². The molecule has 0 bridgehead atoms. The normalized spacial score (nSPS) is 14.7. The molecular formula is C23H30FIN4O. The molecule has 2 aromatic carbocycles. The van der Waals surface area contributed by atoms with E-state index in [2.05, 4.69) is 39.9 Å². The number of aliphatic imine (C=N–C) groups is 1. The zero-order chi connectivity index (χ0) is 20.5. The average molecular weight is 524 g/mol. The summed E-state index contributed by atoms with van der Waals surface area (Å²) in [6.45, 7) is 2.24. The Balaban J connectivity index is 0.00000320. The second kappa shape index (κ2) is 12.5. The summed E-state index contributed by atoms with van der Waals surface area (Å²) in [7, 11) is 1.65. The molecule has 0 atom stereocenters. The zero-order valence-electron chi connectivity index (χ0n) is 17.3. The van der Waals surface area contributed by atoms with Crippen LogP contribution in [0.4, 0.5) is 4.39 Å². The number of carbonyl (C=O) groups excluding carboxylic acids is 1. The van der Waals surface area contributed by atoms with E-state index in [-0.39, 0.29) is 42.2 Å². The molecule has 0 unspecified atom stereocenters. The van der Waals surface area contributed by atoms with Crippen LogP contribution in [0.5, 0.6) is 0 Å². The summed E-state index contributed by atoms with van der Waals surface area (Å²) >= 11 is 0. The Bertz CT molecular complexity index is 823. The molecule has 0 spiro atoms. The monoisotopic (exact) mass is 524 g/mol. The third kappa shape index (κ3) is 7.59. The third-order valence-corrected chi connectivity index (χ3v) is 5.31. The van der Waals surface area contributed by atoms with E-state index in [4.69, 9.17) is 0 Å². The van der Waals surface area contributed by atoms with Crippen LogP contribution in [-0.2, 0) is 17.8 Å². The molecule has 1 saturated heterocycles. The first kappa shape index (κ1) is 24.1. The molecule has 1 aliphatic heterocycles. The summed E-state index contributed by atoms with van der Waals surface area (Å²) in [6, 6.07) is 16.9. The van der Waals surface area contributed by atoms with Gasteiger partial charge >= 0.3 is 0 Å². The molecule has 2 aromatic rings. The van der Waals surface area contributed by atoms with Crippen LogP contribution in [0, 0.1) is 11.7 Å². The smallest absolute Gasteiger partial charge is 0.241 e. The van der Waals surface area contributed by atoms with Crippen molar-refractivity contribution < 1.29 is 9.18 Å². The molecule has 0 saturated carbocycles. The molecular weight excluding hydrogens is 494 g/mol. The lowest BCUT2D eigenvalue weighted by molar-refractivity contribution is -0.131. The van der Waals surface area contributed by atoms with E-state index >= 15 is 0 Å². The Morgan fingerprint density at radius 2 is 1.77 bits per heavy atom. The molecule has 3 rings (SSSR count). The lowest BCUT2D eigenvalue weighted by atomic mass is 9.90. The lowest BCUT2D eigenvalue weighted by Crippen LogP contribution is -2.46. The molecule has 162 valence electrons. The van der Waals surface area contributed by atoms with Gasteiger partial charge in [0.15, 0.2) is 5.96 Å². The summed E-state index contributed by atoms with van der Waals surface area (Å²) in [5.74, 6) is 0.978. The fourth-order valence-corrected chi connectivity index (χ4v) is 3.66. The highest BCUT2D eigenvalue weighted by atomic mass is 127. The lowest BCUT2D eigenvalue weighted by Gasteiger charge is -2.32. The highest BCUT2D eigenvalue weighted by molar-refractivity contribution is 14.0. The van der Waals surface area contributed by atoms with Crippen molar-refractivity contribution in [1.82, 2.24) is 15.5 Å². The molecule has 0 aromatic heterocycles. The number of rotatable bonds is 6. The molecule has 1 amide bonds. The minimum absolute atomic E-state index is 0. The molecule has 0 radical (unpaired) electrons. The highest BCUT2D eigenvalue weighted by Crippen LogP contribution is 2.21. The van der Waals surface area contributed by atoms with E-state index in [9.17, 15) is 9.18 Å². The molecule has 1 aliphatic rings. The van der Waals surface area contributed by atoms with Gasteiger partial charge in [-0.15, -0.1) is 24.0 Å². The van der Waals surface area contributed by atoms with E-state index in [0.29, 0.717) is 18.4 Å². The van der Waals surface area contributed by atoms with Crippen molar-refractivity contribution in [3.8, 4) is 0 Å². The first-order chi connectivity index (χ1) is 14.1. The fourth-order valence-electron chi connectivity index (χ4n) is 3.66. The van der Waals surface area contributed by atoms with Crippen molar-refractivity contribution in [1.29, 1.82) is 0 Å². The van der Waals surface area contributed by atoms with Crippen LogP contribution in [0.1, 0.15) is 24.0 Å². The Morgan fingerprint density at radius 1 is 1.07 bits per heavy atom. The summed E-state index contributed by atoms with van der Waals surface area (Å²) in [5, 5.41) is 6.16. The summed E-state index contributed by atoms with van der Waals surface area (Å²) in [6.07, 6.45) is 3.15. The third-order valence-electron chi connectivity index (χ3n) is 5.31. The standard InChI is InChI=1S/C23H29FN4O.HI/c1-25-23(26-16-20-8-5-9-21(24)15-20)27-17-22(29)28-12-10-19(11-13-28)14-18-6-3-2-4-7-18;/h2-9,15,19H,10-14,16-17H2,1H3,(H2,25,26,27);1H. The van der Waals surface area contributed by atoms with E-state index in [1.807, 2.05) is 17.0 Å². The molecule has 2 N–H and O–H groups in total. The number of piperidine rings is 1. The predicted molar refractivity (Wildman–Crippen MR) is 129 cm³/mol. The Kier molecular flexibility index (Phi) is 10.1. The maximum Gasteiger partial charge on any atom is 0.241 e. The van der Waals surface area contributed by atoms with Crippen molar-refractivity contribution in [2.75, 3.05) is 26.7 Å². The largest absolute Gasteiger partial charge is 0.352 e. The number of hydrogen-bond acceptors (Lipinski definition) is 2. The van der Waals surface area contributed by atoms with Gasteiger partial charge in [-0.25, -0.2) is 4.39 Å². The second-order valence-corrected chi connectivity index (χ2v) is 7.42. The topological polar surface area (TPSA) is 56.7 Å². The number of nitrogens with one attached hydrogen (secondary N) is 2. The van der Waals surface area contributed by atoms with Gasteiger partial charge in [-0.05, 0) is 48.4 Å². The van der Waals surface area contributed by atoms with Gasteiger partial charge in [0.2, 0.25) is 5.91 Å². The Morgan fingerprint density at radius 3 is 2.43 bits per heavy atom. The maximum atomic E-state index is 13.3. The zero-order valence-corrected chi connectivity index (χ0v) is 19.6. The Hall–Kier alpha value is -2.16. The fraction of sp³-hybridized carbons (Fsp3) is 0.391. The molecule has 0 aliphatic carbocycles. The number of benzene rings is 2. The number of carbonyl (C=O) groups is 1. The molecule has 30 heavy (non-hydrogen) atoms. The molecule has 1 heterocycles. The Labute approximate surface area is 195 Å². The van der Waals surface area contributed by atoms with Gasteiger partial charge in [0, 0.05) is 26.7 Å². The average Bonchev–Trinajstić information content (AvgIpc) is 2.75. The van der Waals surface area contributed by atoms with Crippen molar-refractivity contribution in [2.24, 2.45) is 10.9 Å². The number of guanidine groups is 1. The van der Waals surface area contributed by atoms with Crippen LogP contribution < -0.4 is 10.6 Å². The summed E-state index contributed by atoms with van der Waals surface area (Å²) in [5.41, 5.74) is 2.19. The number of nitrogens with zero attached hydrogens (tertiary/aromatic N) is 2. The van der Waals surface area contributed by atoms with Gasteiger partial charge in [0.05, 0.1) is 6.54 Å². The van der Waals surface area contributed by atoms with Crippen LogP contribution in [0.15, 0.2) is 59.6 Å². The first-order valence-electron chi connectivity index (χ1n) is 10.1. The van der Waals surface area contributed by atoms with Crippen molar-refractivity contribution in [3.05, 3.63) is 71.5 Å². The number of amides is 1. The van der Waals surface area contributed by atoms with Crippen molar-refractivity contribution in [3.63, 3.8) is 0 Å². The summed E-state index contributed by atoms with van der Waals surface area (Å²) < 4.78 is 13.3. The minimum atomic E-state index is -0.266. The molecule has 5 nitrogen and oxygen atoms in total. The van der Waals surface area contributed by atoms with E-state index < -0.39 is 0 Å². The number of halogens is 2. The SMILES string of the molecule is CN=C(NCC(=O)N1CCC(Cc2ccccc2)CC1)NCc1cccc(F)c1.I. The van der Waals surface area contributed by atoms with Crippen LogP contribution in [0.3, 0.4) is 0 Å². The van der Waals surface area contributed by atoms with Crippen LogP contribution in [0.25, 0.3) is 0 Å². The minimum Gasteiger partial charge on any atom is -0.352 e. The van der Waals surface area contributed by atoms with E-state index in [1.165, 1.54) is 17.7 Å². The number of likely N-dealkylation sites (tertiary alicyclic amines) is 1. The van der Waals surface area contributed by atoms with E-state index in [1.54, 1.807) is 13.1 Å². The first-order valence-corrected chi connectivity index (χ1v) is 10.1. The van der Waals surface area contributed by atoms with Crippen LogP contribution >= 0.6 is 24.0 Å². The van der Waals surface area contributed by atoms with Gasteiger partial charge in [-0.3, -0.25) is 9.79 Å². The molecule has 1 fully saturated rings. The van der Waals surface area contributed by atoms with Gasteiger partial charge in [0.25, 0.3) is 0 Å². The van der Waals surface area contributed by atoms with Gasteiger partial charge in [0.1, 0.15) is 5.82 Å². The van der Waals surface area contributed by atoms with Crippen molar-refractivity contribution in [2.45, 2.75) is 25.8 Å². The maximum absolute atomic E-state index is 13.3. The quantitative estimate of drug-likeness (QED) is 0.345. The second-order valence-electron chi connectivity index (χ2n) is 7.42. The predicted octanol–water partition coefficient (Wildman–Crippen LogP) is 3.59.